The average molecular weight is 381 g/mol. The molecule has 1 aromatic carbocycles. The molecule has 1 saturated carbocycles. The lowest BCUT2D eigenvalue weighted by Crippen LogP contribution is -2.34. The van der Waals surface area contributed by atoms with Gasteiger partial charge in [0.2, 0.25) is 0 Å². The highest BCUT2D eigenvalue weighted by Gasteiger charge is 2.30. The van der Waals surface area contributed by atoms with Crippen LogP contribution in [0.3, 0.4) is 0 Å². The van der Waals surface area contributed by atoms with Crippen molar-refractivity contribution >= 4 is 28.3 Å². The molecule has 0 bridgehead atoms. The molecule has 0 heterocycles. The van der Waals surface area contributed by atoms with Gasteiger partial charge in [0.15, 0.2) is 11.5 Å². The van der Waals surface area contributed by atoms with E-state index in [-0.39, 0.29) is 24.1 Å². The Morgan fingerprint density at radius 2 is 1.90 bits per heavy atom. The number of benzene rings is 1. The van der Waals surface area contributed by atoms with E-state index >= 15 is 0 Å². The van der Waals surface area contributed by atoms with Crippen molar-refractivity contribution in [3.05, 3.63) is 22.2 Å². The fourth-order valence-electron chi connectivity index (χ4n) is 2.96. The molecule has 0 spiro atoms. The molecule has 21 heavy (non-hydrogen) atoms. The summed E-state index contributed by atoms with van der Waals surface area (Å²) in [4.78, 5) is 0. The van der Waals surface area contributed by atoms with Crippen molar-refractivity contribution in [2.75, 3.05) is 7.11 Å². The number of ether oxygens (including phenoxy) is 1. The van der Waals surface area contributed by atoms with Crippen molar-refractivity contribution in [2.45, 2.75) is 44.2 Å². The third-order valence-corrected chi connectivity index (χ3v) is 4.61. The molecule has 0 amide bonds. The minimum Gasteiger partial charge on any atom is -0.504 e. The second-order valence-corrected chi connectivity index (χ2v) is 6.38. The Kier molecular flexibility index (Phi) is 7.27. The first-order valence-electron chi connectivity index (χ1n) is 7.04. The van der Waals surface area contributed by atoms with E-state index in [2.05, 4.69) is 15.9 Å². The molecule has 1 aromatic rings. The highest BCUT2D eigenvalue weighted by molar-refractivity contribution is 9.10. The van der Waals surface area contributed by atoms with Gasteiger partial charge >= 0.3 is 0 Å². The predicted molar refractivity (Wildman–Crippen MR) is 89.1 cm³/mol. The molecule has 0 saturated heterocycles. The number of hydrogen-bond acceptors (Lipinski definition) is 4. The van der Waals surface area contributed by atoms with Gasteiger partial charge in [0.05, 0.1) is 19.3 Å². The first kappa shape index (κ1) is 18.6. The van der Waals surface area contributed by atoms with E-state index in [0.717, 1.165) is 30.2 Å². The molecule has 1 aliphatic carbocycles. The summed E-state index contributed by atoms with van der Waals surface area (Å²) in [5, 5.41) is 20.7. The SMILES string of the molecule is COc1cc(Br)cc([C@@H](N)[C@@H](O)C2CCCCC2)c1O.Cl. The lowest BCUT2D eigenvalue weighted by Gasteiger charge is -2.31. The maximum absolute atomic E-state index is 10.5. The third kappa shape index (κ3) is 4.25. The van der Waals surface area contributed by atoms with Crippen molar-refractivity contribution in [2.24, 2.45) is 11.7 Å². The van der Waals surface area contributed by atoms with Gasteiger partial charge in [-0.25, -0.2) is 0 Å². The van der Waals surface area contributed by atoms with Gasteiger partial charge in [-0.05, 0) is 30.9 Å². The van der Waals surface area contributed by atoms with Crippen molar-refractivity contribution in [3.63, 3.8) is 0 Å². The summed E-state index contributed by atoms with van der Waals surface area (Å²) in [5.41, 5.74) is 6.70. The minimum absolute atomic E-state index is 0. The van der Waals surface area contributed by atoms with Crippen LogP contribution in [0.2, 0.25) is 0 Å². The van der Waals surface area contributed by atoms with E-state index in [0.29, 0.717) is 11.3 Å². The van der Waals surface area contributed by atoms with Gasteiger partial charge in [0, 0.05) is 10.0 Å². The van der Waals surface area contributed by atoms with Gasteiger partial charge in [0.1, 0.15) is 0 Å². The van der Waals surface area contributed by atoms with Crippen LogP contribution in [0, 0.1) is 5.92 Å². The van der Waals surface area contributed by atoms with Crippen LogP contribution in [-0.4, -0.2) is 23.4 Å². The molecule has 0 aliphatic heterocycles. The van der Waals surface area contributed by atoms with E-state index < -0.39 is 12.1 Å². The number of rotatable bonds is 4. The normalized spacial score (nSPS) is 18.7. The zero-order chi connectivity index (χ0) is 14.7. The fourth-order valence-corrected chi connectivity index (χ4v) is 3.41. The topological polar surface area (TPSA) is 75.7 Å². The molecule has 0 radical (unpaired) electrons. The Labute approximate surface area is 140 Å². The zero-order valence-corrected chi connectivity index (χ0v) is 14.5. The van der Waals surface area contributed by atoms with E-state index in [9.17, 15) is 10.2 Å². The number of hydrogen-bond donors (Lipinski definition) is 3. The Morgan fingerprint density at radius 3 is 2.48 bits per heavy atom. The second kappa shape index (κ2) is 8.22. The van der Waals surface area contributed by atoms with Crippen molar-refractivity contribution in [3.8, 4) is 11.5 Å². The van der Waals surface area contributed by atoms with Crippen LogP contribution in [0.15, 0.2) is 16.6 Å². The molecule has 4 N–H and O–H groups in total. The second-order valence-electron chi connectivity index (χ2n) is 5.46. The number of halogens is 2. The molecular formula is C15H23BrClNO3. The van der Waals surface area contributed by atoms with E-state index in [1.807, 2.05) is 0 Å². The number of phenols is 1. The zero-order valence-electron chi connectivity index (χ0n) is 12.1. The first-order chi connectivity index (χ1) is 9.54. The standard InChI is InChI=1S/C15H22BrNO3.ClH/c1-20-12-8-10(16)7-11(15(12)19)13(17)14(18)9-5-3-2-4-6-9;/h7-9,13-14,18-19H,2-6,17H2,1H3;1H/t13-,14+;/m1./s1. The summed E-state index contributed by atoms with van der Waals surface area (Å²) < 4.78 is 5.90. The van der Waals surface area contributed by atoms with Gasteiger partial charge in [-0.15, -0.1) is 12.4 Å². The van der Waals surface area contributed by atoms with Crippen molar-refractivity contribution in [1.82, 2.24) is 0 Å². The van der Waals surface area contributed by atoms with Crippen molar-refractivity contribution < 1.29 is 14.9 Å². The molecule has 0 unspecified atom stereocenters. The van der Waals surface area contributed by atoms with Crippen LogP contribution >= 0.6 is 28.3 Å². The van der Waals surface area contributed by atoms with Crippen LogP contribution in [0.5, 0.6) is 11.5 Å². The Hall–Kier alpha value is -0.490. The maximum atomic E-state index is 10.5. The number of aromatic hydroxyl groups is 1. The third-order valence-electron chi connectivity index (χ3n) is 4.15. The molecule has 2 rings (SSSR count). The maximum Gasteiger partial charge on any atom is 0.162 e. The Morgan fingerprint density at radius 1 is 1.29 bits per heavy atom. The van der Waals surface area contributed by atoms with Gasteiger partial charge < -0.3 is 20.7 Å². The van der Waals surface area contributed by atoms with Crippen LogP contribution in [0.1, 0.15) is 43.7 Å². The summed E-state index contributed by atoms with van der Waals surface area (Å²) in [6.07, 6.45) is 4.88. The van der Waals surface area contributed by atoms with Crippen LogP contribution in [-0.2, 0) is 0 Å². The minimum atomic E-state index is -0.639. The molecule has 0 aromatic heterocycles. The number of methoxy groups -OCH3 is 1. The Balaban J connectivity index is 0.00000220. The molecule has 6 heteroatoms. The van der Waals surface area contributed by atoms with E-state index in [1.54, 1.807) is 12.1 Å². The van der Waals surface area contributed by atoms with Crippen molar-refractivity contribution in [1.29, 1.82) is 0 Å². The molecular weight excluding hydrogens is 358 g/mol. The molecule has 4 nitrogen and oxygen atoms in total. The van der Waals surface area contributed by atoms with E-state index in [1.165, 1.54) is 13.5 Å². The summed E-state index contributed by atoms with van der Waals surface area (Å²) >= 11 is 3.37. The number of aliphatic hydroxyl groups is 1. The molecule has 120 valence electrons. The smallest absolute Gasteiger partial charge is 0.162 e. The quantitative estimate of drug-likeness (QED) is 0.747. The Bertz CT molecular complexity index is 466. The fraction of sp³-hybridized carbons (Fsp3) is 0.600. The highest BCUT2D eigenvalue weighted by Crippen LogP contribution is 2.39. The van der Waals surface area contributed by atoms with Gasteiger partial charge in [-0.2, -0.15) is 0 Å². The summed E-state index contributed by atoms with van der Waals surface area (Å²) in [6, 6.07) is 2.82. The average Bonchev–Trinajstić information content (AvgIpc) is 2.48. The van der Waals surface area contributed by atoms with Gasteiger partial charge in [-0.1, -0.05) is 35.2 Å². The molecule has 1 fully saturated rings. The summed E-state index contributed by atoms with van der Waals surface area (Å²) in [7, 11) is 1.49. The number of nitrogens with two attached hydrogens (primary N) is 1. The number of aliphatic hydroxyl groups excluding tert-OH is 1. The van der Waals surface area contributed by atoms with Gasteiger partial charge in [-0.3, -0.25) is 0 Å². The molecule has 2 atom stereocenters. The largest absolute Gasteiger partial charge is 0.504 e. The lowest BCUT2D eigenvalue weighted by atomic mass is 9.81. The van der Waals surface area contributed by atoms with E-state index in [4.69, 9.17) is 10.5 Å². The van der Waals surface area contributed by atoms with Gasteiger partial charge in [0.25, 0.3) is 0 Å². The predicted octanol–water partition coefficient (Wildman–Crippen LogP) is 3.53. The lowest BCUT2D eigenvalue weighted by molar-refractivity contribution is 0.0610. The summed E-state index contributed by atoms with van der Waals surface area (Å²) in [5.74, 6) is 0.585. The summed E-state index contributed by atoms with van der Waals surface area (Å²) in [6.45, 7) is 0. The first-order valence-corrected chi connectivity index (χ1v) is 7.84. The van der Waals surface area contributed by atoms with Crippen LogP contribution in [0.25, 0.3) is 0 Å². The number of phenolic OH excluding ortho intramolecular Hbond substituents is 1. The highest BCUT2D eigenvalue weighted by atomic mass is 79.9. The monoisotopic (exact) mass is 379 g/mol. The molecule has 1 aliphatic rings. The van der Waals surface area contributed by atoms with Crippen LogP contribution in [0.4, 0.5) is 0 Å². The van der Waals surface area contributed by atoms with Crippen LogP contribution < -0.4 is 10.5 Å².